The molecule has 0 unspecified atom stereocenters. The van der Waals surface area contributed by atoms with Gasteiger partial charge in [0.15, 0.2) is 5.78 Å². The van der Waals surface area contributed by atoms with E-state index in [9.17, 15) is 9.59 Å². The van der Waals surface area contributed by atoms with E-state index in [4.69, 9.17) is 11.6 Å². The van der Waals surface area contributed by atoms with Crippen LogP contribution in [0.4, 0.5) is 0 Å². The van der Waals surface area contributed by atoms with Crippen molar-refractivity contribution < 1.29 is 9.59 Å². The molecule has 0 saturated heterocycles. The Morgan fingerprint density at radius 1 is 1.28 bits per heavy atom. The molecule has 1 heterocycles. The van der Waals surface area contributed by atoms with Crippen LogP contribution in [0, 0.1) is 0 Å². The molecule has 0 bridgehead atoms. The second-order valence-corrected chi connectivity index (χ2v) is 7.15. The average molecular weight is 359 g/mol. The summed E-state index contributed by atoms with van der Waals surface area (Å²) in [6.07, 6.45) is 9.11. The van der Waals surface area contributed by atoms with Crippen LogP contribution in [0.5, 0.6) is 0 Å². The van der Waals surface area contributed by atoms with E-state index in [2.05, 4.69) is 0 Å². The van der Waals surface area contributed by atoms with Crippen LogP contribution in [0.1, 0.15) is 37.7 Å². The molecule has 1 aliphatic heterocycles. The van der Waals surface area contributed by atoms with Gasteiger partial charge in [0.05, 0.1) is 0 Å². The number of rotatable bonds is 3. The van der Waals surface area contributed by atoms with Crippen molar-refractivity contribution in [1.82, 2.24) is 9.80 Å². The van der Waals surface area contributed by atoms with Crippen molar-refractivity contribution in [3.63, 3.8) is 0 Å². The van der Waals surface area contributed by atoms with E-state index >= 15 is 0 Å². The zero-order valence-corrected chi connectivity index (χ0v) is 15.4. The number of hydrogen-bond acceptors (Lipinski definition) is 3. The van der Waals surface area contributed by atoms with Gasteiger partial charge in [0.25, 0.3) is 5.91 Å². The third-order valence-corrected chi connectivity index (χ3v) is 5.49. The predicted octanol–water partition coefficient (Wildman–Crippen LogP) is 3.87. The number of ketones is 1. The van der Waals surface area contributed by atoms with Gasteiger partial charge in [-0.05, 0) is 37.9 Å². The van der Waals surface area contributed by atoms with Gasteiger partial charge in [0.1, 0.15) is 5.54 Å². The van der Waals surface area contributed by atoms with Crippen molar-refractivity contribution in [2.45, 2.75) is 37.6 Å². The number of amides is 1. The van der Waals surface area contributed by atoms with Gasteiger partial charge < -0.3 is 9.80 Å². The number of benzene rings is 1. The van der Waals surface area contributed by atoms with Crippen LogP contribution in [0.15, 0.2) is 48.3 Å². The molecule has 0 spiro atoms. The summed E-state index contributed by atoms with van der Waals surface area (Å²) < 4.78 is 0. The van der Waals surface area contributed by atoms with E-state index in [1.54, 1.807) is 18.0 Å². The highest BCUT2D eigenvalue weighted by Gasteiger charge is 2.48. The molecule has 1 fully saturated rings. The van der Waals surface area contributed by atoms with Gasteiger partial charge in [-0.1, -0.05) is 35.9 Å². The van der Waals surface area contributed by atoms with Crippen molar-refractivity contribution in [3.8, 4) is 0 Å². The van der Waals surface area contributed by atoms with Gasteiger partial charge in [0, 0.05) is 42.9 Å². The molecule has 1 aliphatic carbocycles. The molecule has 1 aromatic rings. The fourth-order valence-corrected chi connectivity index (χ4v) is 4.14. The number of allylic oxidation sites excluding steroid dienone is 1. The molecule has 0 radical (unpaired) electrons. The average Bonchev–Trinajstić information content (AvgIpc) is 2.62. The Balaban J connectivity index is 2.05. The minimum atomic E-state index is -0.978. The van der Waals surface area contributed by atoms with Crippen molar-refractivity contribution in [2.75, 3.05) is 14.1 Å². The molecule has 1 amide bonds. The largest absolute Gasteiger partial charge is 0.357 e. The maximum absolute atomic E-state index is 13.2. The first kappa shape index (κ1) is 17.7. The molecule has 1 saturated carbocycles. The number of halogens is 1. The Bertz CT molecular complexity index is 756. The van der Waals surface area contributed by atoms with Crippen LogP contribution < -0.4 is 0 Å². The number of hydrogen-bond donors (Lipinski definition) is 0. The van der Waals surface area contributed by atoms with E-state index in [-0.39, 0.29) is 11.7 Å². The zero-order chi connectivity index (χ0) is 18.0. The SMILES string of the molecule is CN1C=CCC(C(=O)N(C)[C@@]2(c3ccccc3Cl)CCCCC2=O)=C1. The van der Waals surface area contributed by atoms with Gasteiger partial charge in [-0.3, -0.25) is 9.59 Å². The highest BCUT2D eigenvalue weighted by atomic mass is 35.5. The van der Waals surface area contributed by atoms with E-state index in [0.717, 1.165) is 18.4 Å². The van der Waals surface area contributed by atoms with Crippen LogP contribution in [0.25, 0.3) is 0 Å². The molecule has 1 aromatic carbocycles. The van der Waals surface area contributed by atoms with Gasteiger partial charge in [-0.25, -0.2) is 0 Å². The lowest BCUT2D eigenvalue weighted by Gasteiger charge is -2.44. The Morgan fingerprint density at radius 3 is 2.72 bits per heavy atom. The van der Waals surface area contributed by atoms with Gasteiger partial charge in [0.2, 0.25) is 0 Å². The molecule has 132 valence electrons. The second kappa shape index (κ2) is 7.04. The number of likely N-dealkylation sites (N-methyl/N-ethyl adjacent to an activating group) is 1. The Kier molecular flexibility index (Phi) is 5.00. The fourth-order valence-electron chi connectivity index (χ4n) is 3.85. The maximum Gasteiger partial charge on any atom is 0.252 e. The first-order valence-corrected chi connectivity index (χ1v) is 9.00. The first-order valence-electron chi connectivity index (χ1n) is 8.62. The summed E-state index contributed by atoms with van der Waals surface area (Å²) in [5, 5.41) is 0.534. The minimum absolute atomic E-state index is 0.0722. The van der Waals surface area contributed by atoms with E-state index in [1.165, 1.54) is 0 Å². The third kappa shape index (κ3) is 3.11. The van der Waals surface area contributed by atoms with Crippen molar-refractivity contribution in [1.29, 1.82) is 0 Å². The number of carbonyl (C=O) groups is 2. The highest BCUT2D eigenvalue weighted by molar-refractivity contribution is 6.31. The molecule has 5 heteroatoms. The summed E-state index contributed by atoms with van der Waals surface area (Å²) in [4.78, 5) is 29.7. The first-order chi connectivity index (χ1) is 12.0. The molecule has 3 rings (SSSR count). The molecule has 4 nitrogen and oxygen atoms in total. The van der Waals surface area contributed by atoms with Crippen molar-refractivity contribution in [2.24, 2.45) is 0 Å². The number of nitrogens with zero attached hydrogens (tertiary/aromatic N) is 2. The normalized spacial score (nSPS) is 23.4. The van der Waals surface area contributed by atoms with Crippen LogP contribution >= 0.6 is 11.6 Å². The molecule has 1 atom stereocenters. The summed E-state index contributed by atoms with van der Waals surface area (Å²) in [5.74, 6) is -0.0469. The van der Waals surface area contributed by atoms with Crippen LogP contribution in [-0.4, -0.2) is 35.6 Å². The van der Waals surface area contributed by atoms with Crippen molar-refractivity contribution in [3.05, 3.63) is 58.9 Å². The molecule has 0 N–H and O–H groups in total. The number of Topliss-reactive ketones (excluding diaryl/α,β-unsaturated/α-hetero) is 1. The lowest BCUT2D eigenvalue weighted by Crippen LogP contribution is -2.54. The zero-order valence-electron chi connectivity index (χ0n) is 14.7. The smallest absolute Gasteiger partial charge is 0.252 e. The van der Waals surface area contributed by atoms with E-state index in [0.29, 0.717) is 29.9 Å². The number of carbonyl (C=O) groups excluding carboxylic acids is 2. The van der Waals surface area contributed by atoms with Crippen molar-refractivity contribution >= 4 is 23.3 Å². The Hall–Kier alpha value is -2.07. The topological polar surface area (TPSA) is 40.6 Å². The molecule has 2 aliphatic rings. The summed E-state index contributed by atoms with van der Waals surface area (Å²) in [7, 11) is 3.62. The quantitative estimate of drug-likeness (QED) is 0.823. The summed E-state index contributed by atoms with van der Waals surface area (Å²) in [5.41, 5.74) is 0.434. The molecule has 0 aromatic heterocycles. The fraction of sp³-hybridized carbons (Fsp3) is 0.400. The summed E-state index contributed by atoms with van der Waals surface area (Å²) in [6.45, 7) is 0. The highest BCUT2D eigenvalue weighted by Crippen LogP contribution is 2.42. The van der Waals surface area contributed by atoms with Gasteiger partial charge in [-0.15, -0.1) is 0 Å². The Morgan fingerprint density at radius 2 is 2.04 bits per heavy atom. The molecular formula is C20H23ClN2O2. The second-order valence-electron chi connectivity index (χ2n) is 6.74. The standard InChI is InChI=1S/C20H23ClN2O2/c1-22-13-7-8-15(14-22)19(25)23(2)20(12-6-5-11-18(20)24)16-9-3-4-10-17(16)21/h3-4,7,9-10,13-14H,5-6,8,11-12H2,1-2H3/t20-/m1/s1. The summed E-state index contributed by atoms with van der Waals surface area (Å²) >= 11 is 6.45. The monoisotopic (exact) mass is 358 g/mol. The molecular weight excluding hydrogens is 336 g/mol. The maximum atomic E-state index is 13.2. The third-order valence-electron chi connectivity index (χ3n) is 5.16. The van der Waals surface area contributed by atoms with Crippen LogP contribution in [0.2, 0.25) is 5.02 Å². The van der Waals surface area contributed by atoms with Crippen LogP contribution in [-0.2, 0) is 15.1 Å². The predicted molar refractivity (Wildman–Crippen MR) is 99.0 cm³/mol. The minimum Gasteiger partial charge on any atom is -0.357 e. The van der Waals surface area contributed by atoms with Crippen LogP contribution in [0.3, 0.4) is 0 Å². The lowest BCUT2D eigenvalue weighted by molar-refractivity contribution is -0.145. The van der Waals surface area contributed by atoms with Gasteiger partial charge in [-0.2, -0.15) is 0 Å². The van der Waals surface area contributed by atoms with E-state index < -0.39 is 5.54 Å². The molecule has 25 heavy (non-hydrogen) atoms. The van der Waals surface area contributed by atoms with Gasteiger partial charge >= 0.3 is 0 Å². The lowest BCUT2D eigenvalue weighted by atomic mass is 9.74. The summed E-state index contributed by atoms with van der Waals surface area (Å²) in [6, 6.07) is 7.38. The Labute approximate surface area is 153 Å². The van der Waals surface area contributed by atoms with E-state index in [1.807, 2.05) is 48.6 Å².